The highest BCUT2D eigenvalue weighted by Gasteiger charge is 2.19. The molecule has 0 radical (unpaired) electrons. The van der Waals surface area contributed by atoms with Gasteiger partial charge >= 0.3 is 0 Å². The molecule has 1 heterocycles. The van der Waals surface area contributed by atoms with Crippen LogP contribution in [0.15, 0.2) is 22.7 Å². The van der Waals surface area contributed by atoms with Crippen LogP contribution in [0.2, 0.25) is 0 Å². The van der Waals surface area contributed by atoms with Gasteiger partial charge in [-0.25, -0.2) is 5.84 Å². The molecule has 1 saturated heterocycles. The summed E-state index contributed by atoms with van der Waals surface area (Å²) in [5.41, 5.74) is 3.85. The molecule has 2 rings (SSSR count). The number of amides is 1. The molecule has 1 amide bonds. The minimum absolute atomic E-state index is 0.283. The van der Waals surface area contributed by atoms with Crippen molar-refractivity contribution in [2.75, 3.05) is 19.7 Å². The lowest BCUT2D eigenvalue weighted by Gasteiger charge is -2.24. The monoisotopic (exact) mass is 355 g/mol. The summed E-state index contributed by atoms with van der Waals surface area (Å²) in [5.74, 6) is 4.87. The second-order valence-corrected chi connectivity index (χ2v) is 6.10. The van der Waals surface area contributed by atoms with Gasteiger partial charge in [0.05, 0.1) is 6.10 Å². The van der Waals surface area contributed by atoms with Crippen molar-refractivity contribution in [1.29, 1.82) is 0 Å². The van der Waals surface area contributed by atoms with Gasteiger partial charge < -0.3 is 4.74 Å². The van der Waals surface area contributed by atoms with E-state index in [1.54, 1.807) is 12.1 Å². The summed E-state index contributed by atoms with van der Waals surface area (Å²) >= 11 is 3.54. The van der Waals surface area contributed by atoms with Crippen LogP contribution in [0.5, 0.6) is 0 Å². The third-order valence-corrected chi connectivity index (χ3v) is 4.51. The quantitative estimate of drug-likeness (QED) is 0.465. The highest BCUT2D eigenvalue weighted by Crippen LogP contribution is 2.21. The molecule has 0 bridgehead atoms. The van der Waals surface area contributed by atoms with Crippen molar-refractivity contribution in [3.8, 4) is 0 Å². The number of hydrogen-bond acceptors (Lipinski definition) is 4. The van der Waals surface area contributed by atoms with E-state index in [1.165, 1.54) is 0 Å². The Bertz CT molecular complexity index is 490. The number of hydrogen-bond donors (Lipinski definition) is 2. The molecule has 0 aromatic heterocycles. The average molecular weight is 356 g/mol. The highest BCUT2D eigenvalue weighted by molar-refractivity contribution is 9.10. The van der Waals surface area contributed by atoms with Crippen molar-refractivity contribution >= 4 is 21.8 Å². The Labute approximate surface area is 133 Å². The summed E-state index contributed by atoms with van der Waals surface area (Å²) in [6.45, 7) is 5.79. The summed E-state index contributed by atoms with van der Waals surface area (Å²) in [6.07, 6.45) is 2.66. The minimum atomic E-state index is -0.283. The molecule has 0 aliphatic carbocycles. The van der Waals surface area contributed by atoms with Crippen molar-refractivity contribution in [1.82, 2.24) is 10.3 Å². The number of halogens is 1. The Balaban J connectivity index is 2.01. The molecule has 1 aromatic carbocycles. The molecule has 0 spiro atoms. The Morgan fingerprint density at radius 3 is 2.95 bits per heavy atom. The lowest BCUT2D eigenvalue weighted by Crippen LogP contribution is -2.32. The van der Waals surface area contributed by atoms with Crippen LogP contribution in [-0.2, 0) is 11.3 Å². The van der Waals surface area contributed by atoms with Gasteiger partial charge in [0, 0.05) is 29.7 Å². The Hall–Kier alpha value is -0.950. The molecule has 116 valence electrons. The van der Waals surface area contributed by atoms with E-state index in [9.17, 15) is 4.79 Å². The maximum Gasteiger partial charge on any atom is 0.265 e. The first-order valence-corrected chi connectivity index (χ1v) is 8.06. The molecule has 6 heteroatoms. The molecule has 3 N–H and O–H groups in total. The number of carbonyl (C=O) groups is 1. The standard InChI is InChI=1S/C15H22BrN3O2/c1-2-19(10-13-4-3-7-21-13)9-12-6-5-11(8-14(12)16)15(20)18-17/h5-6,8,13H,2-4,7,9-10,17H2,1H3,(H,18,20). The van der Waals surface area contributed by atoms with Gasteiger partial charge in [0.15, 0.2) is 0 Å². The van der Waals surface area contributed by atoms with Crippen molar-refractivity contribution in [2.24, 2.45) is 5.84 Å². The van der Waals surface area contributed by atoms with E-state index in [2.05, 4.69) is 33.2 Å². The third-order valence-electron chi connectivity index (χ3n) is 3.77. The van der Waals surface area contributed by atoms with Crippen LogP contribution >= 0.6 is 15.9 Å². The molecule has 1 aliphatic heterocycles. The molecule has 1 fully saturated rings. The first-order valence-electron chi connectivity index (χ1n) is 7.27. The molecule has 0 saturated carbocycles. The number of likely N-dealkylation sites (N-methyl/N-ethyl adjacent to an activating group) is 1. The molecule has 1 atom stereocenters. The number of benzene rings is 1. The van der Waals surface area contributed by atoms with E-state index in [0.717, 1.165) is 49.1 Å². The number of hydrazine groups is 1. The normalized spacial score (nSPS) is 18.2. The van der Waals surface area contributed by atoms with E-state index >= 15 is 0 Å². The second-order valence-electron chi connectivity index (χ2n) is 5.24. The number of nitrogens with two attached hydrogens (primary N) is 1. The van der Waals surface area contributed by atoms with E-state index in [-0.39, 0.29) is 5.91 Å². The maximum atomic E-state index is 11.5. The largest absolute Gasteiger partial charge is 0.377 e. The molecule has 1 unspecified atom stereocenters. The number of nitrogen functional groups attached to an aromatic ring is 1. The molecular weight excluding hydrogens is 334 g/mol. The van der Waals surface area contributed by atoms with Crippen molar-refractivity contribution < 1.29 is 9.53 Å². The number of ether oxygens (including phenoxy) is 1. The van der Waals surface area contributed by atoms with Gasteiger partial charge in [-0.05, 0) is 37.1 Å². The summed E-state index contributed by atoms with van der Waals surface area (Å²) in [4.78, 5) is 13.9. The summed E-state index contributed by atoms with van der Waals surface area (Å²) in [7, 11) is 0. The van der Waals surface area contributed by atoms with Gasteiger partial charge in [0.25, 0.3) is 5.91 Å². The summed E-state index contributed by atoms with van der Waals surface area (Å²) in [6, 6.07) is 5.56. The van der Waals surface area contributed by atoms with Crippen LogP contribution in [-0.4, -0.2) is 36.6 Å². The third kappa shape index (κ3) is 4.51. The fourth-order valence-corrected chi connectivity index (χ4v) is 3.03. The number of nitrogens with one attached hydrogen (secondary N) is 1. The van der Waals surface area contributed by atoms with E-state index < -0.39 is 0 Å². The predicted molar refractivity (Wildman–Crippen MR) is 85.7 cm³/mol. The zero-order valence-corrected chi connectivity index (χ0v) is 13.9. The van der Waals surface area contributed by atoms with Crippen LogP contribution in [0.25, 0.3) is 0 Å². The summed E-state index contributed by atoms with van der Waals surface area (Å²) in [5, 5.41) is 0. The Morgan fingerprint density at radius 2 is 2.38 bits per heavy atom. The van der Waals surface area contributed by atoms with Gasteiger partial charge in [-0.15, -0.1) is 0 Å². The Morgan fingerprint density at radius 1 is 1.57 bits per heavy atom. The minimum Gasteiger partial charge on any atom is -0.377 e. The topological polar surface area (TPSA) is 67.6 Å². The van der Waals surface area contributed by atoms with Gasteiger partial charge in [-0.2, -0.15) is 0 Å². The fraction of sp³-hybridized carbons (Fsp3) is 0.533. The number of rotatable bonds is 6. The van der Waals surface area contributed by atoms with Crippen molar-refractivity contribution in [3.63, 3.8) is 0 Å². The second kappa shape index (κ2) is 7.89. The zero-order chi connectivity index (χ0) is 15.2. The molecule has 1 aliphatic rings. The van der Waals surface area contributed by atoms with Gasteiger partial charge in [-0.3, -0.25) is 15.1 Å². The molecular formula is C15H22BrN3O2. The number of carbonyl (C=O) groups excluding carboxylic acids is 1. The molecule has 5 nitrogen and oxygen atoms in total. The zero-order valence-electron chi connectivity index (χ0n) is 12.3. The van der Waals surface area contributed by atoms with E-state index in [0.29, 0.717) is 11.7 Å². The maximum absolute atomic E-state index is 11.5. The van der Waals surface area contributed by atoms with Crippen molar-refractivity contribution in [3.05, 3.63) is 33.8 Å². The first kappa shape index (κ1) is 16.4. The van der Waals surface area contributed by atoms with Gasteiger partial charge in [-0.1, -0.05) is 28.9 Å². The van der Waals surface area contributed by atoms with Crippen LogP contribution in [0.1, 0.15) is 35.7 Å². The predicted octanol–water partition coefficient (Wildman–Crippen LogP) is 2.05. The van der Waals surface area contributed by atoms with Crippen LogP contribution < -0.4 is 11.3 Å². The average Bonchev–Trinajstić information content (AvgIpc) is 3.00. The van der Waals surface area contributed by atoms with Crippen LogP contribution in [0, 0.1) is 0 Å². The Kier molecular flexibility index (Phi) is 6.17. The lowest BCUT2D eigenvalue weighted by molar-refractivity contribution is 0.0724. The fourth-order valence-electron chi connectivity index (χ4n) is 2.52. The SMILES string of the molecule is CCN(Cc1ccc(C(=O)NN)cc1Br)CC1CCCO1. The van der Waals surface area contributed by atoms with Gasteiger partial charge in [0.2, 0.25) is 0 Å². The highest BCUT2D eigenvalue weighted by atomic mass is 79.9. The smallest absolute Gasteiger partial charge is 0.265 e. The van der Waals surface area contributed by atoms with E-state index in [1.807, 2.05) is 6.07 Å². The molecule has 21 heavy (non-hydrogen) atoms. The molecule has 1 aromatic rings. The lowest BCUT2D eigenvalue weighted by atomic mass is 10.1. The van der Waals surface area contributed by atoms with E-state index in [4.69, 9.17) is 10.6 Å². The van der Waals surface area contributed by atoms with Crippen molar-refractivity contribution in [2.45, 2.75) is 32.4 Å². The number of nitrogens with zero attached hydrogens (tertiary/aromatic N) is 1. The summed E-state index contributed by atoms with van der Waals surface area (Å²) < 4.78 is 6.62. The van der Waals surface area contributed by atoms with Crippen LogP contribution in [0.3, 0.4) is 0 Å². The van der Waals surface area contributed by atoms with Crippen LogP contribution in [0.4, 0.5) is 0 Å². The van der Waals surface area contributed by atoms with Gasteiger partial charge in [0.1, 0.15) is 0 Å². The first-order chi connectivity index (χ1) is 10.1.